The fraction of sp³-hybridized carbons (Fsp3) is 0.238. The lowest BCUT2D eigenvalue weighted by atomic mass is 10.0. The number of carbonyl (C=O) groups excluding carboxylic acids is 1. The Kier molecular flexibility index (Phi) is 5.76. The second kappa shape index (κ2) is 8.40. The van der Waals surface area contributed by atoms with Crippen molar-refractivity contribution in [2.45, 2.75) is 12.5 Å². The van der Waals surface area contributed by atoms with Crippen molar-refractivity contribution in [2.24, 2.45) is 7.05 Å². The number of amides is 1. The largest absolute Gasteiger partial charge is 0.497 e. The molecule has 0 aliphatic rings. The van der Waals surface area contributed by atoms with Gasteiger partial charge >= 0.3 is 0 Å². The number of benzene rings is 2. The van der Waals surface area contributed by atoms with E-state index in [2.05, 4.69) is 10.3 Å². The van der Waals surface area contributed by atoms with Crippen LogP contribution in [0.3, 0.4) is 0 Å². The Bertz CT molecular complexity index is 920. The third-order valence-corrected chi connectivity index (χ3v) is 4.35. The molecule has 27 heavy (non-hydrogen) atoms. The van der Waals surface area contributed by atoms with Crippen molar-refractivity contribution in [3.05, 3.63) is 77.9 Å². The molecular formula is C21H23N3O3. The quantitative estimate of drug-likeness (QED) is 0.699. The number of methoxy groups -OCH3 is 2. The lowest BCUT2D eigenvalue weighted by Crippen LogP contribution is -2.32. The van der Waals surface area contributed by atoms with E-state index in [4.69, 9.17) is 9.47 Å². The van der Waals surface area contributed by atoms with Gasteiger partial charge in [-0.05, 0) is 35.4 Å². The summed E-state index contributed by atoms with van der Waals surface area (Å²) in [4.78, 5) is 17.2. The lowest BCUT2D eigenvalue weighted by molar-refractivity contribution is -0.121. The monoisotopic (exact) mass is 365 g/mol. The zero-order valence-electron chi connectivity index (χ0n) is 15.7. The van der Waals surface area contributed by atoms with Crippen LogP contribution in [0.1, 0.15) is 23.0 Å². The van der Waals surface area contributed by atoms with Crippen LogP contribution < -0.4 is 14.8 Å². The summed E-state index contributed by atoms with van der Waals surface area (Å²) in [7, 11) is 5.14. The summed E-state index contributed by atoms with van der Waals surface area (Å²) in [6.07, 6.45) is 3.83. The van der Waals surface area contributed by atoms with Gasteiger partial charge in [0, 0.05) is 19.4 Å². The maximum atomic E-state index is 12.7. The Balaban J connectivity index is 1.85. The molecule has 3 aromatic rings. The number of ether oxygens (including phenoxy) is 2. The van der Waals surface area contributed by atoms with E-state index in [0.717, 1.165) is 28.5 Å². The predicted octanol–water partition coefficient (Wildman–Crippen LogP) is 2.89. The van der Waals surface area contributed by atoms with Crippen LogP contribution in [0.25, 0.3) is 0 Å². The molecule has 3 rings (SSSR count). The fourth-order valence-electron chi connectivity index (χ4n) is 2.95. The van der Waals surface area contributed by atoms with Crippen molar-refractivity contribution in [3.63, 3.8) is 0 Å². The molecule has 1 heterocycles. The zero-order valence-corrected chi connectivity index (χ0v) is 15.7. The second-order valence-electron chi connectivity index (χ2n) is 6.20. The van der Waals surface area contributed by atoms with Gasteiger partial charge < -0.3 is 19.4 Å². The molecule has 140 valence electrons. The summed E-state index contributed by atoms with van der Waals surface area (Å²) in [5.41, 5.74) is 1.79. The van der Waals surface area contributed by atoms with Crippen molar-refractivity contribution in [1.29, 1.82) is 0 Å². The Hall–Kier alpha value is -3.28. The average molecular weight is 365 g/mol. The van der Waals surface area contributed by atoms with Gasteiger partial charge in [-0.3, -0.25) is 4.79 Å². The number of hydrogen-bond acceptors (Lipinski definition) is 4. The molecule has 0 spiro atoms. The van der Waals surface area contributed by atoms with Gasteiger partial charge in [-0.15, -0.1) is 0 Å². The molecule has 0 aliphatic carbocycles. The zero-order chi connectivity index (χ0) is 19.2. The number of nitrogens with zero attached hydrogens (tertiary/aromatic N) is 2. The Morgan fingerprint density at radius 3 is 2.48 bits per heavy atom. The molecule has 1 amide bonds. The molecule has 0 saturated heterocycles. The summed E-state index contributed by atoms with van der Waals surface area (Å²) < 4.78 is 12.5. The summed E-state index contributed by atoms with van der Waals surface area (Å²) in [6.45, 7) is 0. The maximum Gasteiger partial charge on any atom is 0.225 e. The summed E-state index contributed by atoms with van der Waals surface area (Å²) in [6, 6.07) is 14.8. The smallest absolute Gasteiger partial charge is 0.225 e. The van der Waals surface area contributed by atoms with Crippen molar-refractivity contribution >= 4 is 5.91 Å². The first-order valence-electron chi connectivity index (χ1n) is 8.64. The van der Waals surface area contributed by atoms with E-state index in [-0.39, 0.29) is 18.4 Å². The molecule has 6 heteroatoms. The highest BCUT2D eigenvalue weighted by Crippen LogP contribution is 2.24. The standard InChI is InChI=1S/C21H23N3O3/c1-24-11-10-22-21(24)20(16-7-5-9-18(14-16)27-3)23-19(25)13-15-6-4-8-17(12-15)26-2/h4-12,14,20H,13H2,1-3H3,(H,23,25). The van der Waals surface area contributed by atoms with E-state index >= 15 is 0 Å². The number of aromatic nitrogens is 2. The van der Waals surface area contributed by atoms with Crippen molar-refractivity contribution < 1.29 is 14.3 Å². The Morgan fingerprint density at radius 2 is 1.81 bits per heavy atom. The molecule has 0 bridgehead atoms. The maximum absolute atomic E-state index is 12.7. The number of nitrogens with one attached hydrogen (secondary N) is 1. The minimum Gasteiger partial charge on any atom is -0.497 e. The predicted molar refractivity (Wildman–Crippen MR) is 103 cm³/mol. The Morgan fingerprint density at radius 1 is 1.11 bits per heavy atom. The first-order valence-corrected chi connectivity index (χ1v) is 8.64. The van der Waals surface area contributed by atoms with Gasteiger partial charge in [-0.25, -0.2) is 4.98 Å². The SMILES string of the molecule is COc1cccc(CC(=O)NC(c2cccc(OC)c2)c2nccn2C)c1. The second-order valence-corrected chi connectivity index (χ2v) is 6.20. The highest BCUT2D eigenvalue weighted by atomic mass is 16.5. The number of carbonyl (C=O) groups is 1. The minimum absolute atomic E-state index is 0.0981. The summed E-state index contributed by atoms with van der Waals surface area (Å²) in [5.74, 6) is 2.11. The molecular weight excluding hydrogens is 342 g/mol. The first kappa shape index (κ1) is 18.5. The third-order valence-electron chi connectivity index (χ3n) is 4.35. The van der Waals surface area contributed by atoms with Crippen LogP contribution in [0.5, 0.6) is 11.5 Å². The molecule has 0 aliphatic heterocycles. The topological polar surface area (TPSA) is 65.4 Å². The molecule has 1 atom stereocenters. The van der Waals surface area contributed by atoms with Gasteiger partial charge in [0.15, 0.2) is 0 Å². The number of rotatable bonds is 7. The highest BCUT2D eigenvalue weighted by Gasteiger charge is 2.21. The molecule has 6 nitrogen and oxygen atoms in total. The molecule has 1 N–H and O–H groups in total. The van der Waals surface area contributed by atoms with Crippen molar-refractivity contribution in [3.8, 4) is 11.5 Å². The van der Waals surface area contributed by atoms with Crippen molar-refractivity contribution in [2.75, 3.05) is 14.2 Å². The number of imidazole rings is 1. The molecule has 0 radical (unpaired) electrons. The normalized spacial score (nSPS) is 11.7. The molecule has 1 aromatic heterocycles. The van der Waals surface area contributed by atoms with E-state index in [1.54, 1.807) is 20.4 Å². The van der Waals surface area contributed by atoms with Gasteiger partial charge in [0.05, 0.1) is 20.6 Å². The summed E-state index contributed by atoms with van der Waals surface area (Å²) >= 11 is 0. The third kappa shape index (κ3) is 4.47. The van der Waals surface area contributed by atoms with Gasteiger partial charge in [-0.1, -0.05) is 24.3 Å². The van der Waals surface area contributed by atoms with E-state index in [9.17, 15) is 4.79 Å². The molecule has 1 unspecified atom stereocenters. The highest BCUT2D eigenvalue weighted by molar-refractivity contribution is 5.79. The van der Waals surface area contributed by atoms with Crippen LogP contribution in [0.2, 0.25) is 0 Å². The van der Waals surface area contributed by atoms with Crippen molar-refractivity contribution in [1.82, 2.24) is 14.9 Å². The van der Waals surface area contributed by atoms with Gasteiger partial charge in [0.25, 0.3) is 0 Å². The van der Waals surface area contributed by atoms with Crippen LogP contribution in [-0.4, -0.2) is 29.7 Å². The number of hydrogen-bond donors (Lipinski definition) is 1. The van der Waals surface area contributed by atoms with Crippen LogP contribution in [-0.2, 0) is 18.3 Å². The molecule has 0 saturated carbocycles. The van der Waals surface area contributed by atoms with Gasteiger partial charge in [0.1, 0.15) is 23.4 Å². The molecule has 0 fully saturated rings. The van der Waals surface area contributed by atoms with Crippen LogP contribution in [0.4, 0.5) is 0 Å². The first-order chi connectivity index (χ1) is 13.1. The van der Waals surface area contributed by atoms with Gasteiger partial charge in [-0.2, -0.15) is 0 Å². The minimum atomic E-state index is -0.377. The van der Waals surface area contributed by atoms with E-state index in [1.165, 1.54) is 0 Å². The van der Waals surface area contributed by atoms with Crippen LogP contribution >= 0.6 is 0 Å². The van der Waals surface area contributed by atoms with E-state index in [0.29, 0.717) is 0 Å². The molecule has 2 aromatic carbocycles. The summed E-state index contributed by atoms with van der Waals surface area (Å²) in [5, 5.41) is 3.10. The van der Waals surface area contributed by atoms with Crippen LogP contribution in [0.15, 0.2) is 60.9 Å². The Labute approximate surface area is 158 Å². The fourth-order valence-corrected chi connectivity index (χ4v) is 2.95. The average Bonchev–Trinajstić information content (AvgIpc) is 3.12. The lowest BCUT2D eigenvalue weighted by Gasteiger charge is -2.20. The van der Waals surface area contributed by atoms with E-state index in [1.807, 2.05) is 66.3 Å². The number of aryl methyl sites for hydroxylation is 1. The van der Waals surface area contributed by atoms with E-state index < -0.39 is 0 Å². The van der Waals surface area contributed by atoms with Crippen LogP contribution in [0, 0.1) is 0 Å². The van der Waals surface area contributed by atoms with Gasteiger partial charge in [0.2, 0.25) is 5.91 Å².